The number of quaternary nitrogens is 1. The molecule has 1 atom stereocenters. The minimum Gasteiger partial charge on any atom is -0.324 e. The molecule has 0 aromatic heterocycles. The van der Waals surface area contributed by atoms with Crippen molar-refractivity contribution in [3.63, 3.8) is 0 Å². The van der Waals surface area contributed by atoms with Gasteiger partial charge < -0.3 is 15.1 Å². The van der Waals surface area contributed by atoms with E-state index in [1.807, 2.05) is 76.0 Å². The van der Waals surface area contributed by atoms with Gasteiger partial charge in [-0.3, -0.25) is 14.5 Å². The van der Waals surface area contributed by atoms with Crippen molar-refractivity contribution >= 4 is 23.2 Å². The van der Waals surface area contributed by atoms with Gasteiger partial charge in [0, 0.05) is 24.3 Å². The monoisotopic (exact) mass is 453 g/mol. The highest BCUT2D eigenvalue weighted by Crippen LogP contribution is 2.20. The van der Waals surface area contributed by atoms with Gasteiger partial charge >= 0.3 is 0 Å². The van der Waals surface area contributed by atoms with Crippen LogP contribution < -0.4 is 10.6 Å². The molecule has 0 fully saturated rings. The molecule has 2 rings (SSSR count). The lowest BCUT2D eigenvalue weighted by Gasteiger charge is -2.33. The standard InChI is InChI=1S/C27H40N4O2/c1-8-31(7,19-25(33)29-27-22(4)14-10-15-23(27)5)17-11-16-30(6)18-24(32)28-26-20(2)12-9-13-21(26)3/h9-10,12-15H,8,11,16-19H2,1-7H3,(H-,28,29,32,33)/p+1. The van der Waals surface area contributed by atoms with Crippen LogP contribution in [0.1, 0.15) is 35.6 Å². The van der Waals surface area contributed by atoms with Crippen LogP contribution in [0.4, 0.5) is 11.4 Å². The van der Waals surface area contributed by atoms with Gasteiger partial charge in [-0.2, -0.15) is 0 Å². The predicted octanol–water partition coefficient (Wildman–Crippen LogP) is 4.29. The first-order valence-electron chi connectivity index (χ1n) is 11.8. The van der Waals surface area contributed by atoms with E-state index in [0.717, 1.165) is 59.7 Å². The first kappa shape index (κ1) is 26.6. The highest BCUT2D eigenvalue weighted by molar-refractivity contribution is 5.94. The van der Waals surface area contributed by atoms with Gasteiger partial charge in [-0.05, 0) is 63.9 Å². The number of likely N-dealkylation sites (N-methyl/N-ethyl adjacent to an activating group) is 2. The van der Waals surface area contributed by atoms with Gasteiger partial charge in [0.2, 0.25) is 5.91 Å². The van der Waals surface area contributed by atoms with Gasteiger partial charge in [0.15, 0.2) is 6.54 Å². The average Bonchev–Trinajstić information content (AvgIpc) is 2.73. The number of rotatable bonds is 11. The summed E-state index contributed by atoms with van der Waals surface area (Å²) >= 11 is 0. The first-order valence-corrected chi connectivity index (χ1v) is 11.8. The molecule has 0 radical (unpaired) electrons. The second kappa shape index (κ2) is 12.0. The van der Waals surface area contributed by atoms with Gasteiger partial charge in [0.25, 0.3) is 5.91 Å². The summed E-state index contributed by atoms with van der Waals surface area (Å²) in [5.74, 6) is 0.0358. The number of hydrogen-bond acceptors (Lipinski definition) is 3. The van der Waals surface area contributed by atoms with Gasteiger partial charge in [-0.25, -0.2) is 0 Å². The summed E-state index contributed by atoms with van der Waals surface area (Å²) in [6, 6.07) is 12.0. The number of carbonyl (C=O) groups excluding carboxylic acids is 2. The fourth-order valence-corrected chi connectivity index (χ4v) is 4.12. The normalized spacial score (nSPS) is 13.0. The molecular weight excluding hydrogens is 412 g/mol. The molecule has 2 aromatic rings. The molecule has 2 N–H and O–H groups in total. The molecule has 0 bridgehead atoms. The second-order valence-electron chi connectivity index (χ2n) is 9.54. The molecule has 0 aliphatic rings. The number of nitrogens with zero attached hydrogens (tertiary/aromatic N) is 2. The van der Waals surface area contributed by atoms with Crippen molar-refractivity contribution in [2.75, 3.05) is 57.5 Å². The zero-order valence-electron chi connectivity index (χ0n) is 21.4. The Morgan fingerprint density at radius 3 is 1.76 bits per heavy atom. The maximum absolute atomic E-state index is 12.8. The minimum atomic E-state index is -0.00405. The van der Waals surface area contributed by atoms with E-state index in [1.54, 1.807) is 0 Å². The highest BCUT2D eigenvalue weighted by atomic mass is 16.2. The first-order chi connectivity index (χ1) is 15.5. The van der Waals surface area contributed by atoms with E-state index in [-0.39, 0.29) is 11.8 Å². The molecule has 6 nitrogen and oxygen atoms in total. The smallest absolute Gasteiger partial charge is 0.279 e. The van der Waals surface area contributed by atoms with Crippen LogP contribution in [0.15, 0.2) is 36.4 Å². The number of carbonyl (C=O) groups is 2. The van der Waals surface area contributed by atoms with Gasteiger partial charge in [-0.1, -0.05) is 36.4 Å². The SMILES string of the molecule is CC[N+](C)(CCCN(C)CC(=O)Nc1c(C)cccc1C)CC(=O)Nc1c(C)cccc1C. The summed E-state index contributed by atoms with van der Waals surface area (Å²) in [4.78, 5) is 27.3. The van der Waals surface area contributed by atoms with Gasteiger partial charge in [0.1, 0.15) is 0 Å². The molecule has 6 heteroatoms. The number of para-hydroxylation sites is 2. The molecule has 180 valence electrons. The molecule has 0 aliphatic heterocycles. The van der Waals surface area contributed by atoms with Gasteiger partial charge in [0.05, 0.1) is 26.7 Å². The summed E-state index contributed by atoms with van der Waals surface area (Å²) < 4.78 is 0.666. The Kier molecular flexibility index (Phi) is 9.62. The fraction of sp³-hybridized carbons (Fsp3) is 0.481. The molecule has 2 aromatic carbocycles. The molecule has 33 heavy (non-hydrogen) atoms. The lowest BCUT2D eigenvalue weighted by Crippen LogP contribution is -2.50. The summed E-state index contributed by atoms with van der Waals surface area (Å²) in [6.07, 6.45) is 0.911. The van der Waals surface area contributed by atoms with Crippen molar-refractivity contribution in [2.45, 2.75) is 41.0 Å². The van der Waals surface area contributed by atoms with Crippen molar-refractivity contribution in [2.24, 2.45) is 0 Å². The Labute approximate surface area is 199 Å². The topological polar surface area (TPSA) is 61.4 Å². The third-order valence-electron chi connectivity index (χ3n) is 6.43. The van der Waals surface area contributed by atoms with E-state index in [1.165, 1.54) is 0 Å². The number of nitrogens with one attached hydrogen (secondary N) is 2. The number of aryl methyl sites for hydroxylation is 4. The fourth-order valence-electron chi connectivity index (χ4n) is 4.12. The molecule has 0 saturated heterocycles. The Balaban J connectivity index is 1.82. The zero-order valence-corrected chi connectivity index (χ0v) is 21.4. The molecule has 1 unspecified atom stereocenters. The second-order valence-corrected chi connectivity index (χ2v) is 9.54. The molecule has 0 aliphatic carbocycles. The maximum atomic E-state index is 12.8. The third-order valence-corrected chi connectivity index (χ3v) is 6.43. The Bertz CT molecular complexity index is 932. The number of anilines is 2. The number of amides is 2. The van der Waals surface area contributed by atoms with Crippen LogP contribution in [0.3, 0.4) is 0 Å². The third kappa shape index (κ3) is 7.98. The molecule has 2 amide bonds. The largest absolute Gasteiger partial charge is 0.324 e. The summed E-state index contributed by atoms with van der Waals surface area (Å²) in [7, 11) is 4.09. The van der Waals surface area contributed by atoms with Crippen molar-refractivity contribution in [1.82, 2.24) is 4.90 Å². The van der Waals surface area contributed by atoms with Crippen molar-refractivity contribution in [3.05, 3.63) is 58.7 Å². The number of benzene rings is 2. The van der Waals surface area contributed by atoms with E-state index in [2.05, 4.69) is 24.6 Å². The quantitative estimate of drug-likeness (QED) is 0.499. The van der Waals surface area contributed by atoms with Crippen LogP contribution in [0, 0.1) is 27.7 Å². The molecular formula is C27H41N4O2+. The van der Waals surface area contributed by atoms with E-state index in [0.29, 0.717) is 17.6 Å². The zero-order chi connectivity index (χ0) is 24.6. The molecule has 0 heterocycles. The average molecular weight is 454 g/mol. The predicted molar refractivity (Wildman–Crippen MR) is 138 cm³/mol. The van der Waals surface area contributed by atoms with Gasteiger partial charge in [-0.15, -0.1) is 0 Å². The van der Waals surface area contributed by atoms with Crippen molar-refractivity contribution in [3.8, 4) is 0 Å². The van der Waals surface area contributed by atoms with Crippen molar-refractivity contribution < 1.29 is 14.1 Å². The summed E-state index contributed by atoms with van der Waals surface area (Å²) in [6.45, 7) is 13.5. The van der Waals surface area contributed by atoms with Crippen LogP contribution in [-0.4, -0.2) is 68.0 Å². The minimum absolute atomic E-state index is 0.00405. The molecule has 0 spiro atoms. The van der Waals surface area contributed by atoms with Crippen LogP contribution in [0.25, 0.3) is 0 Å². The molecule has 0 saturated carbocycles. The van der Waals surface area contributed by atoms with Crippen LogP contribution in [0.5, 0.6) is 0 Å². The van der Waals surface area contributed by atoms with Crippen LogP contribution in [0.2, 0.25) is 0 Å². The summed E-state index contributed by atoms with van der Waals surface area (Å²) in [5.41, 5.74) is 6.12. The lowest BCUT2D eigenvalue weighted by atomic mass is 10.1. The Hall–Kier alpha value is -2.70. The van der Waals surface area contributed by atoms with Crippen molar-refractivity contribution in [1.29, 1.82) is 0 Å². The lowest BCUT2D eigenvalue weighted by molar-refractivity contribution is -0.900. The number of hydrogen-bond donors (Lipinski definition) is 2. The summed E-state index contributed by atoms with van der Waals surface area (Å²) in [5, 5.41) is 6.16. The van der Waals surface area contributed by atoms with Crippen LogP contribution in [-0.2, 0) is 9.59 Å². The van der Waals surface area contributed by atoms with E-state index >= 15 is 0 Å². The Morgan fingerprint density at radius 2 is 1.30 bits per heavy atom. The Morgan fingerprint density at radius 1 is 0.848 bits per heavy atom. The highest BCUT2D eigenvalue weighted by Gasteiger charge is 2.24. The van der Waals surface area contributed by atoms with E-state index in [9.17, 15) is 9.59 Å². The maximum Gasteiger partial charge on any atom is 0.279 e. The van der Waals surface area contributed by atoms with E-state index in [4.69, 9.17) is 0 Å². The van der Waals surface area contributed by atoms with E-state index < -0.39 is 0 Å². The van der Waals surface area contributed by atoms with Crippen LogP contribution >= 0.6 is 0 Å².